The molecule has 0 amide bonds. The molecule has 1 heterocycles. The van der Waals surface area contributed by atoms with E-state index in [2.05, 4.69) is 25.8 Å². The fraction of sp³-hybridized carbons (Fsp3) is 0.471. The third-order valence-electron chi connectivity index (χ3n) is 4.13. The lowest BCUT2D eigenvalue weighted by Gasteiger charge is -2.22. The Balaban J connectivity index is 1.49. The van der Waals surface area contributed by atoms with Gasteiger partial charge in [0.25, 0.3) is 0 Å². The molecule has 122 valence electrons. The van der Waals surface area contributed by atoms with Crippen molar-refractivity contribution in [1.29, 1.82) is 0 Å². The minimum Gasteiger partial charge on any atom is -0.368 e. The Bertz CT molecular complexity index is 611. The third-order valence-corrected chi connectivity index (χ3v) is 4.13. The van der Waals surface area contributed by atoms with Crippen molar-refractivity contribution in [1.82, 2.24) is 15.2 Å². The van der Waals surface area contributed by atoms with Crippen LogP contribution in [0.3, 0.4) is 0 Å². The molecular weight excluding hydrogens is 293 g/mol. The van der Waals surface area contributed by atoms with Crippen LogP contribution in [-0.4, -0.2) is 27.8 Å². The summed E-state index contributed by atoms with van der Waals surface area (Å²) in [7, 11) is 0. The van der Waals surface area contributed by atoms with E-state index in [9.17, 15) is 4.39 Å². The van der Waals surface area contributed by atoms with Crippen LogP contribution in [0.15, 0.2) is 30.5 Å². The SMILES string of the molecule is Fc1ccc(CCNc2cnnc(NC3CCCCC3)n2)cc1. The first kappa shape index (κ1) is 15.6. The van der Waals surface area contributed by atoms with E-state index in [1.54, 1.807) is 18.3 Å². The Morgan fingerprint density at radius 1 is 1.09 bits per heavy atom. The molecule has 0 atom stereocenters. The molecule has 1 aliphatic rings. The van der Waals surface area contributed by atoms with Crippen LogP contribution in [0.2, 0.25) is 0 Å². The van der Waals surface area contributed by atoms with Gasteiger partial charge in [-0.1, -0.05) is 31.4 Å². The van der Waals surface area contributed by atoms with Crippen LogP contribution in [0.25, 0.3) is 0 Å². The molecule has 23 heavy (non-hydrogen) atoms. The van der Waals surface area contributed by atoms with Crippen LogP contribution in [0, 0.1) is 5.82 Å². The molecule has 1 saturated carbocycles. The number of hydrogen-bond donors (Lipinski definition) is 2. The predicted molar refractivity (Wildman–Crippen MR) is 88.9 cm³/mol. The maximum Gasteiger partial charge on any atom is 0.244 e. The summed E-state index contributed by atoms with van der Waals surface area (Å²) in [4.78, 5) is 4.46. The van der Waals surface area contributed by atoms with Crippen molar-refractivity contribution in [3.63, 3.8) is 0 Å². The molecule has 0 saturated heterocycles. The Kier molecular flexibility index (Phi) is 5.34. The Hall–Kier alpha value is -2.24. The zero-order chi connectivity index (χ0) is 15.9. The highest BCUT2D eigenvalue weighted by molar-refractivity contribution is 5.37. The van der Waals surface area contributed by atoms with E-state index in [-0.39, 0.29) is 5.82 Å². The highest BCUT2D eigenvalue weighted by atomic mass is 19.1. The van der Waals surface area contributed by atoms with Gasteiger partial charge < -0.3 is 10.6 Å². The summed E-state index contributed by atoms with van der Waals surface area (Å²) in [5.41, 5.74) is 1.08. The van der Waals surface area contributed by atoms with E-state index < -0.39 is 0 Å². The maximum atomic E-state index is 12.9. The van der Waals surface area contributed by atoms with Crippen LogP contribution in [0.4, 0.5) is 16.2 Å². The maximum absolute atomic E-state index is 12.9. The summed E-state index contributed by atoms with van der Waals surface area (Å²) < 4.78 is 12.9. The predicted octanol–water partition coefficient (Wildman–Crippen LogP) is 3.41. The van der Waals surface area contributed by atoms with Crippen LogP contribution in [0.5, 0.6) is 0 Å². The summed E-state index contributed by atoms with van der Waals surface area (Å²) in [6.45, 7) is 0.715. The highest BCUT2D eigenvalue weighted by Gasteiger charge is 2.14. The number of anilines is 2. The molecule has 5 nitrogen and oxygen atoms in total. The summed E-state index contributed by atoms with van der Waals surface area (Å²) >= 11 is 0. The molecular formula is C17H22FN5. The first-order valence-electron chi connectivity index (χ1n) is 8.24. The monoisotopic (exact) mass is 315 g/mol. The number of halogens is 1. The van der Waals surface area contributed by atoms with Crippen molar-refractivity contribution in [2.45, 2.75) is 44.6 Å². The second-order valence-corrected chi connectivity index (χ2v) is 5.95. The van der Waals surface area contributed by atoms with Gasteiger partial charge in [-0.15, -0.1) is 5.10 Å². The van der Waals surface area contributed by atoms with Gasteiger partial charge in [-0.25, -0.2) is 4.39 Å². The molecule has 2 aromatic rings. The summed E-state index contributed by atoms with van der Waals surface area (Å²) in [5, 5.41) is 14.7. The Morgan fingerprint density at radius 3 is 2.65 bits per heavy atom. The van der Waals surface area contributed by atoms with Crippen LogP contribution >= 0.6 is 0 Å². The van der Waals surface area contributed by atoms with Gasteiger partial charge in [-0.05, 0) is 37.0 Å². The lowest BCUT2D eigenvalue weighted by Crippen LogP contribution is -2.24. The van der Waals surface area contributed by atoms with Crippen molar-refractivity contribution in [3.05, 3.63) is 41.8 Å². The van der Waals surface area contributed by atoms with Gasteiger partial charge in [-0.3, -0.25) is 0 Å². The molecule has 1 aromatic carbocycles. The minimum atomic E-state index is -0.208. The Labute approximate surface area is 135 Å². The topological polar surface area (TPSA) is 62.7 Å². The van der Waals surface area contributed by atoms with E-state index >= 15 is 0 Å². The van der Waals surface area contributed by atoms with Gasteiger partial charge in [0.05, 0.1) is 6.20 Å². The molecule has 1 aromatic heterocycles. The second-order valence-electron chi connectivity index (χ2n) is 5.95. The molecule has 3 rings (SSSR count). The minimum absolute atomic E-state index is 0.208. The largest absolute Gasteiger partial charge is 0.368 e. The summed E-state index contributed by atoms with van der Waals surface area (Å²) in [5.74, 6) is 1.09. The molecule has 0 unspecified atom stereocenters. The van der Waals surface area contributed by atoms with Crippen molar-refractivity contribution in [2.24, 2.45) is 0 Å². The first-order chi connectivity index (χ1) is 11.3. The number of rotatable bonds is 6. The van der Waals surface area contributed by atoms with Crippen molar-refractivity contribution in [2.75, 3.05) is 17.2 Å². The first-order valence-corrected chi connectivity index (χ1v) is 8.24. The number of aromatic nitrogens is 3. The van der Waals surface area contributed by atoms with E-state index in [4.69, 9.17) is 0 Å². The fourth-order valence-corrected chi connectivity index (χ4v) is 2.87. The van der Waals surface area contributed by atoms with Gasteiger partial charge in [0.2, 0.25) is 5.95 Å². The van der Waals surface area contributed by atoms with E-state index in [0.29, 0.717) is 24.4 Å². The molecule has 6 heteroatoms. The molecule has 2 N–H and O–H groups in total. The second kappa shape index (κ2) is 7.85. The molecule has 0 aliphatic heterocycles. The quantitative estimate of drug-likeness (QED) is 0.855. The van der Waals surface area contributed by atoms with E-state index in [1.807, 2.05) is 0 Å². The molecule has 0 bridgehead atoms. The fourth-order valence-electron chi connectivity index (χ4n) is 2.87. The van der Waals surface area contributed by atoms with Crippen molar-refractivity contribution in [3.8, 4) is 0 Å². The number of nitrogens with one attached hydrogen (secondary N) is 2. The van der Waals surface area contributed by atoms with Crippen molar-refractivity contribution < 1.29 is 4.39 Å². The zero-order valence-corrected chi connectivity index (χ0v) is 13.1. The van der Waals surface area contributed by atoms with Gasteiger partial charge >= 0.3 is 0 Å². The molecule has 1 fully saturated rings. The normalized spacial score (nSPS) is 15.3. The molecule has 0 radical (unpaired) electrons. The van der Waals surface area contributed by atoms with Gasteiger partial charge in [-0.2, -0.15) is 10.1 Å². The average molecular weight is 315 g/mol. The summed E-state index contributed by atoms with van der Waals surface area (Å²) in [6.07, 6.45) is 8.62. The smallest absolute Gasteiger partial charge is 0.244 e. The molecule has 1 aliphatic carbocycles. The Morgan fingerprint density at radius 2 is 1.87 bits per heavy atom. The van der Waals surface area contributed by atoms with Gasteiger partial charge in [0, 0.05) is 12.6 Å². The van der Waals surface area contributed by atoms with E-state index in [1.165, 1.54) is 44.2 Å². The van der Waals surface area contributed by atoms with Gasteiger partial charge in [0.15, 0.2) is 5.82 Å². The highest BCUT2D eigenvalue weighted by Crippen LogP contribution is 2.20. The lowest BCUT2D eigenvalue weighted by molar-refractivity contribution is 0.460. The van der Waals surface area contributed by atoms with Crippen LogP contribution < -0.4 is 10.6 Å². The number of nitrogens with zero attached hydrogens (tertiary/aromatic N) is 3. The van der Waals surface area contributed by atoms with Crippen molar-refractivity contribution >= 4 is 11.8 Å². The molecule has 0 spiro atoms. The summed E-state index contributed by atoms with van der Waals surface area (Å²) in [6, 6.07) is 7.01. The lowest BCUT2D eigenvalue weighted by atomic mass is 9.96. The standard InChI is InChI=1S/C17H22FN5/c18-14-8-6-13(7-9-14)10-11-19-16-12-20-23-17(22-16)21-15-4-2-1-3-5-15/h6-9,12,15H,1-5,10-11H2,(H2,19,21,22,23). The van der Waals surface area contributed by atoms with E-state index in [0.717, 1.165) is 12.0 Å². The van der Waals surface area contributed by atoms with Crippen LogP contribution in [0.1, 0.15) is 37.7 Å². The van der Waals surface area contributed by atoms with Crippen LogP contribution in [-0.2, 0) is 6.42 Å². The van der Waals surface area contributed by atoms with Gasteiger partial charge in [0.1, 0.15) is 5.82 Å². The zero-order valence-electron chi connectivity index (χ0n) is 13.1. The number of hydrogen-bond acceptors (Lipinski definition) is 5. The number of benzene rings is 1. The third kappa shape index (κ3) is 4.87. The average Bonchev–Trinajstić information content (AvgIpc) is 2.58.